The second-order valence-corrected chi connectivity index (χ2v) is 5.02. The molecule has 1 aromatic heterocycles. The number of aromatic nitrogens is 2. The lowest BCUT2D eigenvalue weighted by Crippen LogP contribution is -2.08. The number of aryl methyl sites for hydroxylation is 1. The molecule has 0 spiro atoms. The first-order valence-corrected chi connectivity index (χ1v) is 6.40. The molecule has 0 amide bonds. The minimum absolute atomic E-state index is 0.144. The van der Waals surface area contributed by atoms with E-state index in [0.717, 1.165) is 23.9 Å². The Balaban J connectivity index is 2.21. The highest BCUT2D eigenvalue weighted by molar-refractivity contribution is 5.65. The maximum atomic E-state index is 13.5. The first-order valence-electron chi connectivity index (χ1n) is 6.40. The predicted molar refractivity (Wildman–Crippen MR) is 75.4 cm³/mol. The SMILES string of the molecule is CC(C)c1nn(C)c(NCc2cc(F)ccc2F)c1N. The smallest absolute Gasteiger partial charge is 0.148 e. The van der Waals surface area contributed by atoms with Crippen molar-refractivity contribution in [1.29, 1.82) is 0 Å². The van der Waals surface area contributed by atoms with Crippen LogP contribution in [0.25, 0.3) is 0 Å². The van der Waals surface area contributed by atoms with Crippen molar-refractivity contribution in [3.63, 3.8) is 0 Å². The molecule has 0 unspecified atom stereocenters. The number of nitrogen functional groups attached to an aromatic ring is 1. The van der Waals surface area contributed by atoms with Gasteiger partial charge in [0, 0.05) is 19.2 Å². The van der Waals surface area contributed by atoms with Crippen LogP contribution in [0.1, 0.15) is 31.0 Å². The van der Waals surface area contributed by atoms with E-state index in [1.807, 2.05) is 13.8 Å². The van der Waals surface area contributed by atoms with Gasteiger partial charge in [0.05, 0.1) is 11.4 Å². The lowest BCUT2D eigenvalue weighted by Gasteiger charge is -2.09. The molecule has 1 aromatic carbocycles. The van der Waals surface area contributed by atoms with Crippen molar-refractivity contribution in [3.8, 4) is 0 Å². The molecule has 6 heteroatoms. The maximum Gasteiger partial charge on any atom is 0.148 e. The molecule has 0 bridgehead atoms. The summed E-state index contributed by atoms with van der Waals surface area (Å²) >= 11 is 0. The van der Waals surface area contributed by atoms with Gasteiger partial charge in [-0.2, -0.15) is 5.10 Å². The molecule has 0 saturated heterocycles. The molecule has 0 saturated carbocycles. The quantitative estimate of drug-likeness (QED) is 0.905. The summed E-state index contributed by atoms with van der Waals surface area (Å²) in [7, 11) is 1.76. The van der Waals surface area contributed by atoms with E-state index in [2.05, 4.69) is 10.4 Å². The number of anilines is 2. The summed E-state index contributed by atoms with van der Waals surface area (Å²) in [6, 6.07) is 3.37. The summed E-state index contributed by atoms with van der Waals surface area (Å²) in [5, 5.41) is 7.33. The number of hydrogen-bond acceptors (Lipinski definition) is 3. The standard InChI is InChI=1S/C14H18F2N4/c1-8(2)13-12(17)14(20(3)19-13)18-7-9-6-10(15)4-5-11(9)16/h4-6,8,18H,7,17H2,1-3H3. The Hall–Kier alpha value is -2.11. The van der Waals surface area contributed by atoms with Gasteiger partial charge in [-0.05, 0) is 24.1 Å². The van der Waals surface area contributed by atoms with Crippen LogP contribution in [0.15, 0.2) is 18.2 Å². The summed E-state index contributed by atoms with van der Waals surface area (Å²) in [5.41, 5.74) is 7.60. The Labute approximate surface area is 116 Å². The molecular weight excluding hydrogens is 262 g/mol. The second kappa shape index (κ2) is 5.48. The second-order valence-electron chi connectivity index (χ2n) is 5.02. The molecule has 1 heterocycles. The first-order chi connectivity index (χ1) is 9.40. The maximum absolute atomic E-state index is 13.5. The molecule has 2 aromatic rings. The van der Waals surface area contributed by atoms with E-state index >= 15 is 0 Å². The minimum atomic E-state index is -0.468. The predicted octanol–water partition coefficient (Wildman–Crippen LogP) is 3.02. The van der Waals surface area contributed by atoms with E-state index in [9.17, 15) is 8.78 Å². The molecule has 0 radical (unpaired) electrons. The van der Waals surface area contributed by atoms with Crippen LogP contribution in [0.4, 0.5) is 20.3 Å². The fourth-order valence-corrected chi connectivity index (χ4v) is 2.05. The van der Waals surface area contributed by atoms with Crippen LogP contribution in [0, 0.1) is 11.6 Å². The van der Waals surface area contributed by atoms with Crippen molar-refractivity contribution in [2.24, 2.45) is 7.05 Å². The number of nitrogens with zero attached hydrogens (tertiary/aromatic N) is 2. The van der Waals surface area contributed by atoms with E-state index < -0.39 is 11.6 Å². The van der Waals surface area contributed by atoms with Gasteiger partial charge < -0.3 is 11.1 Å². The lowest BCUT2D eigenvalue weighted by atomic mass is 10.1. The zero-order chi connectivity index (χ0) is 14.9. The van der Waals surface area contributed by atoms with E-state index in [-0.39, 0.29) is 18.0 Å². The van der Waals surface area contributed by atoms with Gasteiger partial charge in [-0.1, -0.05) is 13.8 Å². The van der Waals surface area contributed by atoms with Gasteiger partial charge in [0.25, 0.3) is 0 Å². The summed E-state index contributed by atoms with van der Waals surface area (Å²) in [6.07, 6.45) is 0. The van der Waals surface area contributed by atoms with E-state index in [4.69, 9.17) is 5.73 Å². The fourth-order valence-electron chi connectivity index (χ4n) is 2.05. The summed E-state index contributed by atoms with van der Waals surface area (Å²) in [5.74, 6) is -0.118. The zero-order valence-corrected chi connectivity index (χ0v) is 11.7. The highest BCUT2D eigenvalue weighted by atomic mass is 19.1. The van der Waals surface area contributed by atoms with Crippen molar-refractivity contribution in [3.05, 3.63) is 41.1 Å². The van der Waals surface area contributed by atoms with Gasteiger partial charge in [0.1, 0.15) is 17.5 Å². The molecule has 0 fully saturated rings. The number of halogens is 2. The number of hydrogen-bond donors (Lipinski definition) is 2. The van der Waals surface area contributed by atoms with Crippen LogP contribution in [-0.2, 0) is 13.6 Å². The Morgan fingerprint density at radius 1 is 1.35 bits per heavy atom. The molecule has 2 rings (SSSR count). The fraction of sp³-hybridized carbons (Fsp3) is 0.357. The van der Waals surface area contributed by atoms with Crippen molar-refractivity contribution in [2.75, 3.05) is 11.1 Å². The van der Waals surface area contributed by atoms with Crippen LogP contribution >= 0.6 is 0 Å². The molecular formula is C14H18F2N4. The van der Waals surface area contributed by atoms with Gasteiger partial charge in [0.15, 0.2) is 0 Å². The molecule has 0 aliphatic carbocycles. The molecule has 0 aliphatic heterocycles. The Kier molecular flexibility index (Phi) is 3.92. The van der Waals surface area contributed by atoms with E-state index in [1.54, 1.807) is 11.7 Å². The van der Waals surface area contributed by atoms with Crippen LogP contribution < -0.4 is 11.1 Å². The number of nitrogens with one attached hydrogen (secondary N) is 1. The highest BCUT2D eigenvalue weighted by Crippen LogP contribution is 2.28. The molecule has 3 N–H and O–H groups in total. The van der Waals surface area contributed by atoms with Crippen molar-refractivity contribution in [2.45, 2.75) is 26.3 Å². The Morgan fingerprint density at radius 3 is 2.65 bits per heavy atom. The molecule has 4 nitrogen and oxygen atoms in total. The third kappa shape index (κ3) is 2.74. The van der Waals surface area contributed by atoms with Gasteiger partial charge in [-0.3, -0.25) is 4.68 Å². The minimum Gasteiger partial charge on any atom is -0.394 e. The number of nitrogens with two attached hydrogens (primary N) is 1. The number of benzene rings is 1. The van der Waals surface area contributed by atoms with Crippen molar-refractivity contribution in [1.82, 2.24) is 9.78 Å². The highest BCUT2D eigenvalue weighted by Gasteiger charge is 2.16. The summed E-state index contributed by atoms with van der Waals surface area (Å²) in [6.45, 7) is 4.13. The van der Waals surface area contributed by atoms with Crippen LogP contribution in [-0.4, -0.2) is 9.78 Å². The topological polar surface area (TPSA) is 55.9 Å². The third-order valence-electron chi connectivity index (χ3n) is 3.11. The zero-order valence-electron chi connectivity index (χ0n) is 11.7. The molecule has 20 heavy (non-hydrogen) atoms. The van der Waals surface area contributed by atoms with Gasteiger partial charge in [-0.15, -0.1) is 0 Å². The van der Waals surface area contributed by atoms with Crippen LogP contribution in [0.2, 0.25) is 0 Å². The Morgan fingerprint density at radius 2 is 2.05 bits per heavy atom. The van der Waals surface area contributed by atoms with E-state index in [0.29, 0.717) is 11.5 Å². The first kappa shape index (κ1) is 14.3. The third-order valence-corrected chi connectivity index (χ3v) is 3.11. The largest absolute Gasteiger partial charge is 0.394 e. The molecule has 0 atom stereocenters. The average Bonchev–Trinajstić information content (AvgIpc) is 2.67. The summed E-state index contributed by atoms with van der Waals surface area (Å²) < 4.78 is 28.3. The Bertz CT molecular complexity index is 620. The average molecular weight is 280 g/mol. The van der Waals surface area contributed by atoms with Gasteiger partial charge in [0.2, 0.25) is 0 Å². The molecule has 108 valence electrons. The van der Waals surface area contributed by atoms with Crippen molar-refractivity contribution < 1.29 is 8.78 Å². The monoisotopic (exact) mass is 280 g/mol. The van der Waals surface area contributed by atoms with Crippen LogP contribution in [0.3, 0.4) is 0 Å². The van der Waals surface area contributed by atoms with Gasteiger partial charge >= 0.3 is 0 Å². The van der Waals surface area contributed by atoms with Crippen molar-refractivity contribution >= 4 is 11.5 Å². The van der Waals surface area contributed by atoms with Gasteiger partial charge in [-0.25, -0.2) is 8.78 Å². The number of rotatable bonds is 4. The molecule has 0 aliphatic rings. The normalized spacial score (nSPS) is 11.1. The van der Waals surface area contributed by atoms with Crippen LogP contribution in [0.5, 0.6) is 0 Å². The lowest BCUT2D eigenvalue weighted by molar-refractivity contribution is 0.587. The summed E-state index contributed by atoms with van der Waals surface area (Å²) in [4.78, 5) is 0. The van der Waals surface area contributed by atoms with E-state index in [1.165, 1.54) is 0 Å².